The summed E-state index contributed by atoms with van der Waals surface area (Å²) >= 11 is 7.63. The summed E-state index contributed by atoms with van der Waals surface area (Å²) in [5.41, 5.74) is 4.35. The summed E-state index contributed by atoms with van der Waals surface area (Å²) in [6, 6.07) is 15.2. The van der Waals surface area contributed by atoms with Gasteiger partial charge in [0.1, 0.15) is 5.75 Å². The van der Waals surface area contributed by atoms with Gasteiger partial charge in [-0.2, -0.15) is 4.99 Å². The molecular weight excluding hydrogens is 607 g/mol. The lowest BCUT2D eigenvalue weighted by Gasteiger charge is -2.20. The van der Waals surface area contributed by atoms with Crippen molar-refractivity contribution in [2.45, 2.75) is 19.9 Å². The van der Waals surface area contributed by atoms with E-state index in [9.17, 15) is 22.8 Å². The molecule has 9 nitrogen and oxygen atoms in total. The molecule has 5 rings (SSSR count). The van der Waals surface area contributed by atoms with Gasteiger partial charge in [-0.15, -0.1) is 13.2 Å². The van der Waals surface area contributed by atoms with Crippen LogP contribution in [0, 0.1) is 6.92 Å². The Bertz CT molecular complexity index is 1710. The number of aromatic nitrogens is 2. The summed E-state index contributed by atoms with van der Waals surface area (Å²) in [6.45, 7) is 2.19. The number of methoxy groups -OCH3 is 1. The molecule has 222 valence electrons. The third-order valence-corrected chi connectivity index (χ3v) is 7.44. The molecule has 0 spiro atoms. The molecule has 1 aliphatic rings. The van der Waals surface area contributed by atoms with Crippen LogP contribution >= 0.6 is 23.4 Å². The molecule has 1 aromatic heterocycles. The number of aryl methyl sites for hydroxylation is 1. The molecule has 0 unspecified atom stereocenters. The van der Waals surface area contributed by atoms with Crippen molar-refractivity contribution in [3.63, 3.8) is 0 Å². The van der Waals surface area contributed by atoms with Gasteiger partial charge in [-0.25, -0.2) is 9.78 Å². The first-order valence-corrected chi connectivity index (χ1v) is 14.0. The standard InChI is InChI=1S/C29H23ClF3N5O4S/c1-17-3-4-19(14-41-2)25(11-17)38-26(39)15-43-28(38)36-27(40)35-23-10-7-20(12-22(23)30)37-13-24(34-16-37)18-5-8-21(9-6-18)42-29(31,32)33/h3-13,16H,14-15H2,1-2H3,(H,35,40). The van der Waals surface area contributed by atoms with Gasteiger partial charge < -0.3 is 19.4 Å². The summed E-state index contributed by atoms with van der Waals surface area (Å²) in [5, 5.41) is 3.12. The maximum atomic E-state index is 12.9. The fourth-order valence-corrected chi connectivity index (χ4v) is 5.36. The van der Waals surface area contributed by atoms with Crippen molar-refractivity contribution in [1.29, 1.82) is 0 Å². The SMILES string of the molecule is COCc1ccc(C)cc1N1C(=O)CSC1=NC(=O)Nc1ccc(-n2cnc(-c3ccc(OC(F)(F)F)cc3)c2)cc1Cl. The fraction of sp³-hybridized carbons (Fsp3) is 0.172. The molecular formula is C29H23ClF3N5O4S. The van der Waals surface area contributed by atoms with Crippen LogP contribution in [0.1, 0.15) is 11.1 Å². The molecule has 1 saturated heterocycles. The Morgan fingerprint density at radius 3 is 2.60 bits per heavy atom. The van der Waals surface area contributed by atoms with E-state index in [2.05, 4.69) is 20.0 Å². The van der Waals surface area contributed by atoms with Crippen LogP contribution in [0.15, 0.2) is 78.2 Å². The van der Waals surface area contributed by atoms with Crippen LogP contribution in [0.2, 0.25) is 5.02 Å². The highest BCUT2D eigenvalue weighted by atomic mass is 35.5. The molecule has 0 saturated carbocycles. The smallest absolute Gasteiger partial charge is 0.406 e. The number of halogens is 4. The highest BCUT2D eigenvalue weighted by Gasteiger charge is 2.32. The zero-order valence-electron chi connectivity index (χ0n) is 22.7. The molecule has 0 bridgehead atoms. The largest absolute Gasteiger partial charge is 0.573 e. The van der Waals surface area contributed by atoms with Gasteiger partial charge in [0, 0.05) is 30.1 Å². The van der Waals surface area contributed by atoms with Crippen molar-refractivity contribution < 1.29 is 32.2 Å². The molecule has 3 amide bonds. The number of carbonyl (C=O) groups is 2. The number of hydrogen-bond acceptors (Lipinski definition) is 6. The van der Waals surface area contributed by atoms with Crippen molar-refractivity contribution in [3.8, 4) is 22.7 Å². The van der Waals surface area contributed by atoms with Crippen LogP contribution in [-0.4, -0.2) is 45.9 Å². The molecule has 4 aromatic rings. The summed E-state index contributed by atoms with van der Waals surface area (Å²) in [7, 11) is 1.56. The van der Waals surface area contributed by atoms with Crippen LogP contribution in [0.5, 0.6) is 5.75 Å². The Morgan fingerprint density at radius 1 is 1.14 bits per heavy atom. The monoisotopic (exact) mass is 629 g/mol. The number of rotatable bonds is 7. The minimum absolute atomic E-state index is 0.139. The third kappa shape index (κ3) is 7.19. The van der Waals surface area contributed by atoms with Crippen molar-refractivity contribution in [2.75, 3.05) is 23.1 Å². The average Bonchev–Trinajstić information content (AvgIpc) is 3.58. The zero-order chi connectivity index (χ0) is 30.7. The van der Waals surface area contributed by atoms with Crippen LogP contribution < -0.4 is 15.0 Å². The highest BCUT2D eigenvalue weighted by Crippen LogP contribution is 2.32. The summed E-state index contributed by atoms with van der Waals surface area (Å²) in [6.07, 6.45) is -1.57. The zero-order valence-corrected chi connectivity index (χ0v) is 24.3. The number of amides is 3. The molecule has 1 fully saturated rings. The molecule has 0 aliphatic carbocycles. The van der Waals surface area contributed by atoms with Crippen molar-refractivity contribution >= 4 is 51.8 Å². The number of urea groups is 1. The van der Waals surface area contributed by atoms with E-state index in [1.807, 2.05) is 25.1 Å². The molecule has 3 aromatic carbocycles. The number of nitrogens with zero attached hydrogens (tertiary/aromatic N) is 4. The second-order valence-electron chi connectivity index (χ2n) is 9.31. The van der Waals surface area contributed by atoms with E-state index in [-0.39, 0.29) is 34.2 Å². The van der Waals surface area contributed by atoms with E-state index in [4.69, 9.17) is 16.3 Å². The molecule has 2 heterocycles. The minimum Gasteiger partial charge on any atom is -0.406 e. The molecule has 14 heteroatoms. The number of imidazole rings is 1. The highest BCUT2D eigenvalue weighted by molar-refractivity contribution is 8.15. The number of ether oxygens (including phenoxy) is 2. The molecule has 0 atom stereocenters. The fourth-order valence-electron chi connectivity index (χ4n) is 4.28. The van der Waals surface area contributed by atoms with Crippen molar-refractivity contribution in [2.24, 2.45) is 4.99 Å². The minimum atomic E-state index is -4.77. The predicted octanol–water partition coefficient (Wildman–Crippen LogP) is 7.21. The maximum Gasteiger partial charge on any atom is 0.573 e. The Hall–Kier alpha value is -4.33. The molecule has 1 aliphatic heterocycles. The number of thioether (sulfide) groups is 1. The summed E-state index contributed by atoms with van der Waals surface area (Å²) in [4.78, 5) is 35.5. The lowest BCUT2D eigenvalue weighted by molar-refractivity contribution is -0.274. The number of amidine groups is 1. The number of aliphatic imine (C=N–C) groups is 1. The van der Waals surface area contributed by atoms with Crippen LogP contribution in [0.25, 0.3) is 16.9 Å². The topological polar surface area (TPSA) is 98.1 Å². The Morgan fingerprint density at radius 2 is 1.91 bits per heavy atom. The summed E-state index contributed by atoms with van der Waals surface area (Å²) in [5.74, 6) is -0.394. The van der Waals surface area contributed by atoms with Crippen molar-refractivity contribution in [3.05, 3.63) is 89.3 Å². The Labute approximate surface area is 253 Å². The number of anilines is 2. The van der Waals surface area contributed by atoms with Gasteiger partial charge in [0.2, 0.25) is 5.91 Å². The van der Waals surface area contributed by atoms with E-state index >= 15 is 0 Å². The first-order chi connectivity index (χ1) is 20.5. The predicted molar refractivity (Wildman–Crippen MR) is 159 cm³/mol. The van der Waals surface area contributed by atoms with Gasteiger partial charge in [0.15, 0.2) is 5.17 Å². The first kappa shape index (κ1) is 30.1. The second-order valence-corrected chi connectivity index (χ2v) is 10.7. The van der Waals surface area contributed by atoms with Crippen LogP contribution in [-0.2, 0) is 16.1 Å². The lowest BCUT2D eigenvalue weighted by Crippen LogP contribution is -2.31. The Balaban J connectivity index is 1.30. The Kier molecular flexibility index (Phi) is 8.76. The molecule has 0 radical (unpaired) electrons. The van der Waals surface area contributed by atoms with Gasteiger partial charge >= 0.3 is 12.4 Å². The van der Waals surface area contributed by atoms with Gasteiger partial charge in [-0.3, -0.25) is 9.69 Å². The number of carbonyl (C=O) groups excluding carboxylic acids is 2. The van der Waals surface area contributed by atoms with Crippen LogP contribution in [0.3, 0.4) is 0 Å². The van der Waals surface area contributed by atoms with E-state index in [0.29, 0.717) is 28.3 Å². The second kappa shape index (κ2) is 12.5. The number of benzene rings is 3. The van der Waals surface area contributed by atoms with Gasteiger partial charge in [0.25, 0.3) is 0 Å². The van der Waals surface area contributed by atoms with Crippen molar-refractivity contribution in [1.82, 2.24) is 9.55 Å². The van der Waals surface area contributed by atoms with E-state index < -0.39 is 12.4 Å². The van der Waals surface area contributed by atoms with Gasteiger partial charge in [-0.1, -0.05) is 35.5 Å². The maximum absolute atomic E-state index is 12.9. The van der Waals surface area contributed by atoms with E-state index in [1.54, 1.807) is 36.1 Å². The third-order valence-electron chi connectivity index (χ3n) is 6.20. The average molecular weight is 630 g/mol. The number of alkyl halides is 3. The lowest BCUT2D eigenvalue weighted by atomic mass is 10.1. The number of hydrogen-bond donors (Lipinski definition) is 1. The first-order valence-electron chi connectivity index (χ1n) is 12.6. The van der Waals surface area contributed by atoms with E-state index in [0.717, 1.165) is 22.9 Å². The number of nitrogens with one attached hydrogen (secondary N) is 1. The molecule has 1 N–H and O–H groups in total. The van der Waals surface area contributed by atoms with Crippen LogP contribution in [0.4, 0.5) is 29.3 Å². The normalized spacial score (nSPS) is 14.4. The van der Waals surface area contributed by atoms with E-state index in [1.165, 1.54) is 35.5 Å². The summed E-state index contributed by atoms with van der Waals surface area (Å²) < 4.78 is 48.1. The quantitative estimate of drug-likeness (QED) is 0.232. The van der Waals surface area contributed by atoms with Gasteiger partial charge in [0.05, 0.1) is 40.8 Å². The van der Waals surface area contributed by atoms with Gasteiger partial charge in [-0.05, 0) is 61.0 Å². The molecule has 43 heavy (non-hydrogen) atoms.